The quantitative estimate of drug-likeness (QED) is 0.479. The van der Waals surface area contributed by atoms with Gasteiger partial charge in [-0.1, -0.05) is 15.9 Å². The SMILES string of the molecule is O=C([O-])/C=C\Br. The molecule has 0 atom stereocenters. The van der Waals surface area contributed by atoms with Crippen LogP contribution in [0.15, 0.2) is 11.1 Å². The lowest BCUT2D eigenvalue weighted by atomic mass is 10.7. The number of carbonyl (C=O) groups is 1. The zero-order valence-corrected chi connectivity index (χ0v) is 4.44. The number of carbonyl (C=O) groups excluding carboxylic acids is 1. The molecule has 0 aromatic rings. The maximum absolute atomic E-state index is 9.37. The van der Waals surface area contributed by atoms with Crippen molar-refractivity contribution < 1.29 is 9.90 Å². The number of hydrogen-bond acceptors (Lipinski definition) is 2. The molecule has 0 fully saturated rings. The van der Waals surface area contributed by atoms with E-state index in [2.05, 4.69) is 15.9 Å². The van der Waals surface area contributed by atoms with E-state index in [1.807, 2.05) is 0 Å². The molecule has 6 heavy (non-hydrogen) atoms. The highest BCUT2D eigenvalue weighted by molar-refractivity contribution is 9.11. The van der Waals surface area contributed by atoms with Gasteiger partial charge in [0.1, 0.15) is 0 Å². The molecule has 0 aliphatic heterocycles. The van der Waals surface area contributed by atoms with Gasteiger partial charge in [-0.15, -0.1) is 0 Å². The smallest absolute Gasteiger partial charge is 0.0648 e. The fraction of sp³-hybridized carbons (Fsp3) is 0. The maximum atomic E-state index is 9.37. The molecule has 0 aliphatic rings. The second kappa shape index (κ2) is 2.90. The summed E-state index contributed by atoms with van der Waals surface area (Å²) in [5.41, 5.74) is 0. The molecule has 0 amide bonds. The summed E-state index contributed by atoms with van der Waals surface area (Å²) in [6.07, 6.45) is 0.889. The van der Waals surface area contributed by atoms with Crippen LogP contribution in [0, 0.1) is 0 Å². The zero-order valence-electron chi connectivity index (χ0n) is 2.85. The molecule has 0 aliphatic carbocycles. The van der Waals surface area contributed by atoms with Crippen molar-refractivity contribution >= 4 is 21.9 Å². The molecular formula is C3H2BrO2-. The molecule has 0 saturated carbocycles. The van der Waals surface area contributed by atoms with Gasteiger partial charge in [0.15, 0.2) is 0 Å². The van der Waals surface area contributed by atoms with Gasteiger partial charge in [0.2, 0.25) is 0 Å². The highest BCUT2D eigenvalue weighted by Gasteiger charge is 1.62. The van der Waals surface area contributed by atoms with Crippen molar-refractivity contribution in [1.82, 2.24) is 0 Å². The van der Waals surface area contributed by atoms with Gasteiger partial charge in [-0.2, -0.15) is 0 Å². The van der Waals surface area contributed by atoms with Crippen LogP contribution in [0.5, 0.6) is 0 Å². The van der Waals surface area contributed by atoms with Crippen LogP contribution in [0.2, 0.25) is 0 Å². The van der Waals surface area contributed by atoms with E-state index < -0.39 is 5.97 Å². The number of hydrogen-bond donors (Lipinski definition) is 0. The van der Waals surface area contributed by atoms with Gasteiger partial charge in [0.25, 0.3) is 0 Å². The van der Waals surface area contributed by atoms with Crippen molar-refractivity contribution in [2.24, 2.45) is 0 Å². The van der Waals surface area contributed by atoms with Gasteiger partial charge in [0.05, 0.1) is 5.97 Å². The monoisotopic (exact) mass is 149 g/mol. The summed E-state index contributed by atoms with van der Waals surface area (Å²) < 4.78 is 0. The summed E-state index contributed by atoms with van der Waals surface area (Å²) in [5.74, 6) is -1.19. The second-order valence-corrected chi connectivity index (χ2v) is 1.14. The standard InChI is InChI=1S/C3H3BrO2/c4-2-1-3(5)6/h1-2H,(H,5,6)/p-1/b2-1-. The van der Waals surface area contributed by atoms with Crippen LogP contribution in [-0.2, 0) is 4.79 Å². The van der Waals surface area contributed by atoms with Crippen molar-refractivity contribution in [3.05, 3.63) is 11.1 Å². The molecule has 0 bridgehead atoms. The van der Waals surface area contributed by atoms with Crippen LogP contribution in [0.3, 0.4) is 0 Å². The lowest BCUT2D eigenvalue weighted by Crippen LogP contribution is -2.18. The van der Waals surface area contributed by atoms with Crippen molar-refractivity contribution in [2.75, 3.05) is 0 Å². The van der Waals surface area contributed by atoms with E-state index in [4.69, 9.17) is 0 Å². The molecular weight excluding hydrogens is 148 g/mol. The van der Waals surface area contributed by atoms with Gasteiger partial charge in [-0.25, -0.2) is 0 Å². The first-order valence-electron chi connectivity index (χ1n) is 1.25. The molecule has 0 N–H and O–H groups in total. The number of carboxylic acids is 1. The van der Waals surface area contributed by atoms with Crippen molar-refractivity contribution in [1.29, 1.82) is 0 Å². The Morgan fingerprint density at radius 1 is 1.83 bits per heavy atom. The summed E-state index contributed by atoms with van der Waals surface area (Å²) in [7, 11) is 0. The number of carboxylic acid groups (broad SMARTS) is 1. The summed E-state index contributed by atoms with van der Waals surface area (Å²) in [6.45, 7) is 0. The summed E-state index contributed by atoms with van der Waals surface area (Å²) in [5, 5.41) is 9.37. The molecule has 2 nitrogen and oxygen atoms in total. The minimum atomic E-state index is -1.19. The largest absolute Gasteiger partial charge is 0.545 e. The van der Waals surface area contributed by atoms with Crippen LogP contribution >= 0.6 is 15.9 Å². The van der Waals surface area contributed by atoms with Crippen LogP contribution in [0.1, 0.15) is 0 Å². The third kappa shape index (κ3) is 3.69. The second-order valence-electron chi connectivity index (χ2n) is 0.612. The third-order valence-corrected chi connectivity index (χ3v) is 0.463. The highest BCUT2D eigenvalue weighted by atomic mass is 79.9. The Morgan fingerprint density at radius 3 is 2.33 bits per heavy atom. The fourth-order valence-corrected chi connectivity index (χ4v) is 0.267. The van der Waals surface area contributed by atoms with Crippen molar-refractivity contribution in [2.45, 2.75) is 0 Å². The Hall–Kier alpha value is -0.310. The number of aliphatic carboxylic acids is 1. The lowest BCUT2D eigenvalue weighted by molar-refractivity contribution is -0.297. The molecule has 34 valence electrons. The van der Waals surface area contributed by atoms with E-state index in [9.17, 15) is 9.90 Å². The van der Waals surface area contributed by atoms with Gasteiger partial charge < -0.3 is 9.90 Å². The summed E-state index contributed by atoms with van der Waals surface area (Å²) in [4.78, 5) is 10.6. The lowest BCUT2D eigenvalue weighted by Gasteiger charge is -1.82. The zero-order chi connectivity index (χ0) is 4.99. The minimum Gasteiger partial charge on any atom is -0.545 e. The minimum absolute atomic E-state index is 0.889. The topological polar surface area (TPSA) is 40.1 Å². The van der Waals surface area contributed by atoms with Crippen LogP contribution < -0.4 is 5.11 Å². The highest BCUT2D eigenvalue weighted by Crippen LogP contribution is 1.77. The first-order chi connectivity index (χ1) is 2.77. The van der Waals surface area contributed by atoms with E-state index >= 15 is 0 Å². The normalized spacial score (nSPS) is 9.50. The average molecular weight is 150 g/mol. The Labute approximate surface area is 43.6 Å². The average Bonchev–Trinajstić information content (AvgIpc) is 1.35. The van der Waals surface area contributed by atoms with Gasteiger partial charge in [-0.05, 0) is 11.1 Å². The Balaban J connectivity index is 3.30. The van der Waals surface area contributed by atoms with Crippen molar-refractivity contribution in [3.8, 4) is 0 Å². The Kier molecular flexibility index (Phi) is 2.75. The predicted octanol–water partition coefficient (Wildman–Crippen LogP) is -0.355. The molecule has 0 saturated heterocycles. The molecule has 0 rings (SSSR count). The van der Waals surface area contributed by atoms with Gasteiger partial charge in [-0.3, -0.25) is 0 Å². The van der Waals surface area contributed by atoms with E-state index in [0.717, 1.165) is 6.08 Å². The number of rotatable bonds is 1. The van der Waals surface area contributed by atoms with Crippen LogP contribution in [-0.4, -0.2) is 5.97 Å². The third-order valence-electron chi connectivity index (χ3n) is 0.199. The Morgan fingerprint density at radius 2 is 2.33 bits per heavy atom. The summed E-state index contributed by atoms with van der Waals surface area (Å²) in [6, 6.07) is 0. The molecule has 0 spiro atoms. The maximum Gasteiger partial charge on any atom is 0.0648 e. The van der Waals surface area contributed by atoms with E-state index in [1.54, 1.807) is 0 Å². The van der Waals surface area contributed by atoms with E-state index in [0.29, 0.717) is 0 Å². The molecule has 0 radical (unpaired) electrons. The van der Waals surface area contributed by atoms with E-state index in [1.165, 1.54) is 4.99 Å². The summed E-state index contributed by atoms with van der Waals surface area (Å²) >= 11 is 2.75. The molecule has 0 unspecified atom stereocenters. The number of halogens is 1. The molecule has 3 heteroatoms. The van der Waals surface area contributed by atoms with Gasteiger partial charge >= 0.3 is 0 Å². The van der Waals surface area contributed by atoms with Gasteiger partial charge in [0, 0.05) is 0 Å². The molecule has 0 aromatic heterocycles. The first-order valence-corrected chi connectivity index (χ1v) is 2.16. The first kappa shape index (κ1) is 5.69. The van der Waals surface area contributed by atoms with Crippen LogP contribution in [0.4, 0.5) is 0 Å². The molecule has 0 aromatic carbocycles. The molecule has 0 heterocycles. The predicted molar refractivity (Wildman–Crippen MR) is 23.1 cm³/mol. The van der Waals surface area contributed by atoms with Crippen molar-refractivity contribution in [3.63, 3.8) is 0 Å². The Bertz CT molecular complexity index is 76.9. The van der Waals surface area contributed by atoms with Crippen LogP contribution in [0.25, 0.3) is 0 Å². The van der Waals surface area contributed by atoms with E-state index in [-0.39, 0.29) is 0 Å². The fourth-order valence-electron chi connectivity index (χ4n) is 0.0514.